The first kappa shape index (κ1) is 13.9. The number of alkyl halides is 2. The molecule has 0 aliphatic rings. The molecule has 0 bridgehead atoms. The van der Waals surface area contributed by atoms with Crippen LogP contribution in [0.3, 0.4) is 0 Å². The second kappa shape index (κ2) is 6.10. The lowest BCUT2D eigenvalue weighted by molar-refractivity contribution is 0.534. The van der Waals surface area contributed by atoms with Crippen molar-refractivity contribution in [2.75, 3.05) is 11.8 Å². The van der Waals surface area contributed by atoms with Gasteiger partial charge in [0, 0.05) is 17.2 Å². The van der Waals surface area contributed by atoms with Gasteiger partial charge in [-0.25, -0.2) is 0 Å². The van der Waals surface area contributed by atoms with Crippen LogP contribution in [-0.2, 0) is 11.8 Å². The van der Waals surface area contributed by atoms with Gasteiger partial charge in [0.05, 0.1) is 0 Å². The molecule has 2 aromatic rings. The molecule has 0 spiro atoms. The van der Waals surface area contributed by atoms with Gasteiger partial charge in [-0.05, 0) is 46.9 Å². The molecule has 0 fully saturated rings. The zero-order valence-electron chi connectivity index (χ0n) is 10.3. The lowest BCUT2D eigenvalue weighted by atomic mass is 9.77. The first-order chi connectivity index (χ1) is 8.72. The molecule has 0 radical (unpaired) electrons. The predicted octanol–water partition coefficient (Wildman–Crippen LogP) is 5.01. The second-order valence-electron chi connectivity index (χ2n) is 4.67. The molecule has 0 saturated heterocycles. The highest BCUT2D eigenvalue weighted by Gasteiger charge is 2.32. The SMILES string of the molecule is Cc1ccccc1C(CCl)(CCl)Cc1ccsc1. The molecule has 96 valence electrons. The van der Waals surface area contributed by atoms with Crippen molar-refractivity contribution in [3.63, 3.8) is 0 Å². The molecule has 18 heavy (non-hydrogen) atoms. The maximum atomic E-state index is 6.27. The van der Waals surface area contributed by atoms with Gasteiger partial charge in [-0.3, -0.25) is 0 Å². The van der Waals surface area contributed by atoms with Gasteiger partial charge in [0.25, 0.3) is 0 Å². The van der Waals surface area contributed by atoms with Crippen molar-refractivity contribution in [1.82, 2.24) is 0 Å². The van der Waals surface area contributed by atoms with Crippen LogP contribution in [0.15, 0.2) is 41.1 Å². The van der Waals surface area contributed by atoms with Gasteiger partial charge in [0.2, 0.25) is 0 Å². The number of benzene rings is 1. The number of hydrogen-bond donors (Lipinski definition) is 0. The van der Waals surface area contributed by atoms with Crippen LogP contribution in [0.25, 0.3) is 0 Å². The summed E-state index contributed by atoms with van der Waals surface area (Å²) in [6.07, 6.45) is 0.897. The van der Waals surface area contributed by atoms with Crippen LogP contribution in [0, 0.1) is 6.92 Å². The van der Waals surface area contributed by atoms with Gasteiger partial charge in [0.15, 0.2) is 0 Å². The van der Waals surface area contributed by atoms with Crippen LogP contribution in [0.1, 0.15) is 16.7 Å². The van der Waals surface area contributed by atoms with Gasteiger partial charge in [-0.1, -0.05) is 24.3 Å². The Kier molecular flexibility index (Phi) is 4.71. The zero-order valence-corrected chi connectivity index (χ0v) is 12.7. The van der Waals surface area contributed by atoms with Crippen LogP contribution in [0.5, 0.6) is 0 Å². The zero-order chi connectivity index (χ0) is 13.0. The molecule has 0 unspecified atom stereocenters. The van der Waals surface area contributed by atoms with E-state index in [9.17, 15) is 0 Å². The van der Waals surface area contributed by atoms with Gasteiger partial charge in [-0.15, -0.1) is 23.2 Å². The van der Waals surface area contributed by atoms with E-state index >= 15 is 0 Å². The molecule has 0 nitrogen and oxygen atoms in total. The van der Waals surface area contributed by atoms with Crippen molar-refractivity contribution in [1.29, 1.82) is 0 Å². The third-order valence-electron chi connectivity index (χ3n) is 3.35. The summed E-state index contributed by atoms with van der Waals surface area (Å²) in [5.41, 5.74) is 3.66. The molecule has 1 aromatic carbocycles. The van der Waals surface area contributed by atoms with E-state index in [0.29, 0.717) is 11.8 Å². The van der Waals surface area contributed by atoms with Crippen molar-refractivity contribution in [2.24, 2.45) is 0 Å². The molecule has 0 atom stereocenters. The molecule has 0 saturated carbocycles. The summed E-state index contributed by atoms with van der Waals surface area (Å²) in [5, 5.41) is 4.27. The summed E-state index contributed by atoms with van der Waals surface area (Å²) in [6.45, 7) is 2.12. The minimum absolute atomic E-state index is 0.171. The molecule has 0 aliphatic carbocycles. The third kappa shape index (κ3) is 2.74. The van der Waals surface area contributed by atoms with Crippen molar-refractivity contribution < 1.29 is 0 Å². The average molecular weight is 299 g/mol. The van der Waals surface area contributed by atoms with E-state index in [0.717, 1.165) is 6.42 Å². The topological polar surface area (TPSA) is 0 Å². The Labute approximate surface area is 123 Å². The number of aryl methyl sites for hydroxylation is 1. The van der Waals surface area contributed by atoms with Crippen LogP contribution in [0.4, 0.5) is 0 Å². The number of thiophene rings is 1. The first-order valence-corrected chi connectivity index (χ1v) is 7.92. The molecule has 0 N–H and O–H groups in total. The molecule has 1 heterocycles. The van der Waals surface area contributed by atoms with Gasteiger partial charge < -0.3 is 0 Å². The monoisotopic (exact) mass is 298 g/mol. The lowest BCUT2D eigenvalue weighted by Crippen LogP contribution is -2.34. The Morgan fingerprint density at radius 2 is 1.83 bits per heavy atom. The van der Waals surface area contributed by atoms with Crippen molar-refractivity contribution >= 4 is 34.5 Å². The number of hydrogen-bond acceptors (Lipinski definition) is 1. The Balaban J connectivity index is 2.40. The first-order valence-electron chi connectivity index (χ1n) is 5.91. The fraction of sp³-hybridized carbons (Fsp3) is 0.333. The van der Waals surface area contributed by atoms with Crippen LogP contribution < -0.4 is 0 Å². The molecule has 2 rings (SSSR count). The predicted molar refractivity (Wildman–Crippen MR) is 82.3 cm³/mol. The van der Waals surface area contributed by atoms with E-state index in [1.54, 1.807) is 11.3 Å². The summed E-state index contributed by atoms with van der Waals surface area (Å²) in [4.78, 5) is 0. The Morgan fingerprint density at radius 3 is 2.39 bits per heavy atom. The Hall–Kier alpha value is -0.500. The van der Waals surface area contributed by atoms with E-state index in [-0.39, 0.29) is 5.41 Å². The summed E-state index contributed by atoms with van der Waals surface area (Å²) in [7, 11) is 0. The van der Waals surface area contributed by atoms with Crippen molar-refractivity contribution in [3.8, 4) is 0 Å². The molecule has 1 aromatic heterocycles. The lowest BCUT2D eigenvalue weighted by Gasteiger charge is -2.31. The highest BCUT2D eigenvalue weighted by molar-refractivity contribution is 7.07. The fourth-order valence-corrected chi connectivity index (χ4v) is 3.75. The minimum atomic E-state index is -0.171. The fourth-order valence-electron chi connectivity index (χ4n) is 2.32. The van der Waals surface area contributed by atoms with Gasteiger partial charge >= 0.3 is 0 Å². The molecular formula is C15H16Cl2S. The summed E-state index contributed by atoms with van der Waals surface area (Å²) in [5.74, 6) is 1.08. The van der Waals surface area contributed by atoms with Gasteiger partial charge in [-0.2, -0.15) is 11.3 Å². The van der Waals surface area contributed by atoms with Crippen LogP contribution in [-0.4, -0.2) is 11.8 Å². The standard InChI is InChI=1S/C15H16Cl2S/c1-12-4-2-3-5-14(12)15(10-16,11-17)8-13-6-7-18-9-13/h2-7,9H,8,10-11H2,1H3. The molecule has 0 aliphatic heterocycles. The maximum Gasteiger partial charge on any atom is 0.0335 e. The minimum Gasteiger partial charge on any atom is -0.152 e. The van der Waals surface area contributed by atoms with E-state index in [1.807, 2.05) is 0 Å². The quantitative estimate of drug-likeness (QED) is 0.680. The van der Waals surface area contributed by atoms with E-state index in [4.69, 9.17) is 23.2 Å². The van der Waals surface area contributed by atoms with E-state index in [1.165, 1.54) is 16.7 Å². The second-order valence-corrected chi connectivity index (χ2v) is 5.99. The third-order valence-corrected chi connectivity index (χ3v) is 5.11. The molecule has 3 heteroatoms. The highest BCUT2D eigenvalue weighted by Crippen LogP contribution is 2.34. The Morgan fingerprint density at radius 1 is 1.11 bits per heavy atom. The van der Waals surface area contributed by atoms with E-state index < -0.39 is 0 Å². The summed E-state index contributed by atoms with van der Waals surface area (Å²) in [6, 6.07) is 10.5. The molecular weight excluding hydrogens is 283 g/mol. The number of halogens is 2. The summed E-state index contributed by atoms with van der Waals surface area (Å²) < 4.78 is 0. The van der Waals surface area contributed by atoms with Crippen molar-refractivity contribution in [2.45, 2.75) is 18.8 Å². The van der Waals surface area contributed by atoms with Crippen LogP contribution >= 0.6 is 34.5 Å². The molecule has 0 amide bonds. The number of rotatable bonds is 5. The smallest absolute Gasteiger partial charge is 0.0335 e. The van der Waals surface area contributed by atoms with Crippen LogP contribution in [0.2, 0.25) is 0 Å². The van der Waals surface area contributed by atoms with Gasteiger partial charge in [0.1, 0.15) is 0 Å². The van der Waals surface area contributed by atoms with Crippen molar-refractivity contribution in [3.05, 3.63) is 57.8 Å². The Bertz CT molecular complexity index is 487. The average Bonchev–Trinajstić information content (AvgIpc) is 2.90. The largest absolute Gasteiger partial charge is 0.152 e. The normalized spacial score (nSPS) is 11.7. The highest BCUT2D eigenvalue weighted by atomic mass is 35.5. The summed E-state index contributed by atoms with van der Waals surface area (Å²) >= 11 is 14.2. The van der Waals surface area contributed by atoms with E-state index in [2.05, 4.69) is 48.0 Å². The maximum absolute atomic E-state index is 6.27.